The third-order valence-electron chi connectivity index (χ3n) is 6.16. The summed E-state index contributed by atoms with van der Waals surface area (Å²) < 4.78 is 2.02. The van der Waals surface area contributed by atoms with Crippen LogP contribution in [0.5, 0.6) is 0 Å². The number of pyridine rings is 2. The van der Waals surface area contributed by atoms with Gasteiger partial charge in [-0.15, -0.1) is 0 Å². The van der Waals surface area contributed by atoms with Gasteiger partial charge in [0, 0.05) is 11.9 Å². The number of rotatable bonds is 3. The number of fused-ring (bicyclic) bond motifs is 2. The molecule has 0 amide bonds. The summed E-state index contributed by atoms with van der Waals surface area (Å²) in [6.45, 7) is 2.39. The molecule has 2 aliphatic rings. The number of hydrogen-bond acceptors (Lipinski definition) is 3. The van der Waals surface area contributed by atoms with Crippen LogP contribution in [-0.4, -0.2) is 27.5 Å². The molecule has 1 unspecified atom stereocenters. The summed E-state index contributed by atoms with van der Waals surface area (Å²) in [4.78, 5) is 9.46. The van der Waals surface area contributed by atoms with Crippen LogP contribution in [0.4, 0.5) is 0 Å². The molecule has 4 nitrogen and oxygen atoms in total. The van der Waals surface area contributed by atoms with Crippen molar-refractivity contribution in [1.82, 2.24) is 19.7 Å². The SMILES string of the molecule is Clc1ccc2ncc(-c3cccc(CC4CCC[C@H]5CNC[C@@H]45)n3)n2c1. The number of imidazole rings is 1. The van der Waals surface area contributed by atoms with Gasteiger partial charge in [0.15, 0.2) is 0 Å². The van der Waals surface area contributed by atoms with Gasteiger partial charge in [-0.25, -0.2) is 4.98 Å². The highest BCUT2D eigenvalue weighted by molar-refractivity contribution is 6.30. The van der Waals surface area contributed by atoms with E-state index in [2.05, 4.69) is 28.5 Å². The van der Waals surface area contributed by atoms with Crippen molar-refractivity contribution >= 4 is 17.2 Å². The Hall–Kier alpha value is -1.91. The number of nitrogens with one attached hydrogen (secondary N) is 1. The summed E-state index contributed by atoms with van der Waals surface area (Å²) in [5.74, 6) is 2.45. The smallest absolute Gasteiger partial charge is 0.137 e. The predicted octanol–water partition coefficient (Wildman–Crippen LogP) is 4.23. The van der Waals surface area contributed by atoms with E-state index >= 15 is 0 Å². The highest BCUT2D eigenvalue weighted by Crippen LogP contribution is 2.38. The lowest BCUT2D eigenvalue weighted by Gasteiger charge is -2.33. The molecule has 0 radical (unpaired) electrons. The van der Waals surface area contributed by atoms with Gasteiger partial charge in [-0.1, -0.05) is 24.1 Å². The average Bonchev–Trinajstić information content (AvgIpc) is 3.29. The fourth-order valence-corrected chi connectivity index (χ4v) is 5.04. The number of halogens is 1. The molecule has 5 heteroatoms. The first kappa shape index (κ1) is 16.3. The van der Waals surface area contributed by atoms with E-state index in [1.54, 1.807) is 0 Å². The van der Waals surface area contributed by atoms with Crippen LogP contribution < -0.4 is 5.32 Å². The molecule has 5 rings (SSSR count). The van der Waals surface area contributed by atoms with E-state index in [1.807, 2.05) is 28.9 Å². The Bertz CT molecular complexity index is 935. The van der Waals surface area contributed by atoms with E-state index < -0.39 is 0 Å². The normalized spacial score (nSPS) is 25.5. The van der Waals surface area contributed by atoms with Gasteiger partial charge in [0.05, 0.1) is 22.6 Å². The molecule has 4 heterocycles. The minimum absolute atomic E-state index is 0.704. The molecular formula is C21H23ClN4. The highest BCUT2D eigenvalue weighted by Gasteiger charge is 2.36. The minimum Gasteiger partial charge on any atom is -0.316 e. The Morgan fingerprint density at radius 3 is 3.08 bits per heavy atom. The van der Waals surface area contributed by atoms with E-state index in [-0.39, 0.29) is 0 Å². The molecule has 3 aromatic heterocycles. The summed E-state index contributed by atoms with van der Waals surface area (Å²) in [7, 11) is 0. The lowest BCUT2D eigenvalue weighted by molar-refractivity contribution is 0.197. The quantitative estimate of drug-likeness (QED) is 0.754. The monoisotopic (exact) mass is 366 g/mol. The van der Waals surface area contributed by atoms with Gasteiger partial charge >= 0.3 is 0 Å². The van der Waals surface area contributed by atoms with Crippen molar-refractivity contribution in [1.29, 1.82) is 0 Å². The molecule has 3 aromatic rings. The minimum atomic E-state index is 0.704. The number of hydrogen-bond donors (Lipinski definition) is 1. The van der Waals surface area contributed by atoms with Gasteiger partial charge in [0.1, 0.15) is 5.65 Å². The van der Waals surface area contributed by atoms with Gasteiger partial charge in [0.2, 0.25) is 0 Å². The molecule has 1 N–H and O–H groups in total. The van der Waals surface area contributed by atoms with Gasteiger partial charge in [-0.3, -0.25) is 9.38 Å². The maximum absolute atomic E-state index is 6.17. The molecular weight excluding hydrogens is 344 g/mol. The molecule has 3 atom stereocenters. The summed E-state index contributed by atoms with van der Waals surface area (Å²) in [5, 5.41) is 4.30. The second kappa shape index (κ2) is 6.67. The van der Waals surface area contributed by atoms with Crippen LogP contribution in [0.15, 0.2) is 42.7 Å². The molecule has 0 bridgehead atoms. The molecule has 1 saturated heterocycles. The first-order valence-electron chi connectivity index (χ1n) is 9.57. The summed E-state index contributed by atoms with van der Waals surface area (Å²) in [6, 6.07) is 10.2. The van der Waals surface area contributed by atoms with E-state index in [4.69, 9.17) is 16.6 Å². The van der Waals surface area contributed by atoms with Crippen molar-refractivity contribution in [2.45, 2.75) is 25.7 Å². The van der Waals surface area contributed by atoms with Crippen molar-refractivity contribution in [3.63, 3.8) is 0 Å². The standard InChI is InChI=1S/C21H23ClN4/c22-16-7-8-21-24-12-20(26(21)13-16)19-6-2-5-17(25-19)9-14-3-1-4-15-10-23-11-18(14)15/h2,5-8,12-15,18,23H,1,3-4,9-11H2/t14?,15-,18-/m0/s1. The third kappa shape index (κ3) is 2.91. The number of aromatic nitrogens is 3. The Labute approximate surface area is 158 Å². The van der Waals surface area contributed by atoms with Crippen LogP contribution in [0, 0.1) is 17.8 Å². The molecule has 2 fully saturated rings. The molecule has 0 spiro atoms. The van der Waals surface area contributed by atoms with Crippen LogP contribution >= 0.6 is 11.6 Å². The van der Waals surface area contributed by atoms with Crippen molar-refractivity contribution < 1.29 is 0 Å². The molecule has 26 heavy (non-hydrogen) atoms. The average molecular weight is 367 g/mol. The van der Waals surface area contributed by atoms with Crippen LogP contribution in [0.2, 0.25) is 5.02 Å². The molecule has 1 aliphatic heterocycles. The highest BCUT2D eigenvalue weighted by atomic mass is 35.5. The lowest BCUT2D eigenvalue weighted by Crippen LogP contribution is -2.28. The Morgan fingerprint density at radius 2 is 2.12 bits per heavy atom. The first-order chi connectivity index (χ1) is 12.8. The third-order valence-corrected chi connectivity index (χ3v) is 6.38. The van der Waals surface area contributed by atoms with Gasteiger partial charge < -0.3 is 5.32 Å². The zero-order chi connectivity index (χ0) is 17.5. The molecule has 134 valence electrons. The number of nitrogens with zero attached hydrogens (tertiary/aromatic N) is 3. The summed E-state index contributed by atoms with van der Waals surface area (Å²) in [5.41, 5.74) is 4.04. The van der Waals surface area contributed by atoms with E-state index in [0.717, 1.165) is 41.2 Å². The Morgan fingerprint density at radius 1 is 1.15 bits per heavy atom. The molecule has 1 saturated carbocycles. The Balaban J connectivity index is 1.44. The van der Waals surface area contributed by atoms with Gasteiger partial charge in [0.25, 0.3) is 0 Å². The van der Waals surface area contributed by atoms with Crippen molar-refractivity contribution in [2.24, 2.45) is 17.8 Å². The van der Waals surface area contributed by atoms with Crippen molar-refractivity contribution in [3.05, 3.63) is 53.4 Å². The largest absolute Gasteiger partial charge is 0.316 e. The van der Waals surface area contributed by atoms with E-state index in [0.29, 0.717) is 5.02 Å². The second-order valence-corrected chi connectivity index (χ2v) is 8.15. The Kier molecular flexibility index (Phi) is 4.18. The van der Waals surface area contributed by atoms with Crippen LogP contribution in [0.25, 0.3) is 17.0 Å². The maximum atomic E-state index is 6.17. The van der Waals surface area contributed by atoms with Crippen LogP contribution in [0.3, 0.4) is 0 Å². The van der Waals surface area contributed by atoms with Gasteiger partial charge in [-0.2, -0.15) is 0 Å². The lowest BCUT2D eigenvalue weighted by atomic mass is 9.72. The van der Waals surface area contributed by atoms with E-state index in [1.165, 1.54) is 38.0 Å². The zero-order valence-electron chi connectivity index (χ0n) is 14.7. The molecule has 0 aromatic carbocycles. The van der Waals surface area contributed by atoms with Crippen LogP contribution in [0.1, 0.15) is 25.0 Å². The molecule has 1 aliphatic carbocycles. The topological polar surface area (TPSA) is 42.2 Å². The van der Waals surface area contributed by atoms with Gasteiger partial charge in [-0.05, 0) is 74.4 Å². The summed E-state index contributed by atoms with van der Waals surface area (Å²) in [6.07, 6.45) is 8.95. The van der Waals surface area contributed by atoms with Crippen molar-refractivity contribution in [2.75, 3.05) is 13.1 Å². The predicted molar refractivity (Wildman–Crippen MR) is 104 cm³/mol. The summed E-state index contributed by atoms with van der Waals surface area (Å²) >= 11 is 6.17. The fourth-order valence-electron chi connectivity index (χ4n) is 4.88. The maximum Gasteiger partial charge on any atom is 0.137 e. The van der Waals surface area contributed by atoms with Crippen LogP contribution in [-0.2, 0) is 6.42 Å². The van der Waals surface area contributed by atoms with Crippen molar-refractivity contribution in [3.8, 4) is 11.4 Å². The zero-order valence-corrected chi connectivity index (χ0v) is 15.5. The van der Waals surface area contributed by atoms with E-state index in [9.17, 15) is 0 Å². The second-order valence-electron chi connectivity index (χ2n) is 7.71. The fraction of sp³-hybridized carbons (Fsp3) is 0.429. The first-order valence-corrected chi connectivity index (χ1v) is 9.95.